The number of hydrogen-bond donors (Lipinski definition) is 0. The van der Waals surface area contributed by atoms with E-state index in [0.29, 0.717) is 0 Å². The Hall–Kier alpha value is -1.09. The Kier molecular flexibility index (Phi) is 9.70. The van der Waals surface area contributed by atoms with Crippen molar-refractivity contribution < 1.29 is 114 Å². The van der Waals surface area contributed by atoms with Crippen LogP contribution in [-0.2, 0) is 0 Å². The van der Waals surface area contributed by atoms with Gasteiger partial charge in [-0.2, -0.15) is 114 Å². The molecular formula is C14H3F26I. The maximum atomic E-state index is 13.8. The standard InChI is InChI=1S/C14H3F26I/c15-3(16,5(19,20)7(23,24)9(27,28)11(31,32)13(35,36)37)1-2(41)4(17,18)6(21,22)8(25,26)10(29,30)12(33,34)14(38,39)40/h2H,1H2. The summed E-state index contributed by atoms with van der Waals surface area (Å²) in [6.45, 7) is 0. The summed E-state index contributed by atoms with van der Waals surface area (Å²) in [5, 5.41) is 0. The Morgan fingerprint density at radius 1 is 0.317 bits per heavy atom. The van der Waals surface area contributed by atoms with Gasteiger partial charge in [-0.3, -0.25) is 0 Å². The second-order valence-electron chi connectivity index (χ2n) is 7.59. The molecule has 0 aromatic rings. The van der Waals surface area contributed by atoms with E-state index in [1.807, 2.05) is 0 Å². The van der Waals surface area contributed by atoms with Gasteiger partial charge in [0.05, 0.1) is 3.92 Å². The lowest BCUT2D eigenvalue weighted by Crippen LogP contribution is -2.72. The molecule has 1 unspecified atom stereocenters. The molecule has 0 saturated carbocycles. The first-order valence-corrected chi connectivity index (χ1v) is 9.93. The van der Waals surface area contributed by atoms with Crippen LogP contribution in [0.1, 0.15) is 6.42 Å². The normalized spacial score (nSPS) is 17.6. The Morgan fingerprint density at radius 2 is 0.537 bits per heavy atom. The van der Waals surface area contributed by atoms with Gasteiger partial charge in [0.25, 0.3) is 0 Å². The third-order valence-electron chi connectivity index (χ3n) is 4.79. The molecule has 0 aromatic heterocycles. The van der Waals surface area contributed by atoms with Crippen molar-refractivity contribution in [2.75, 3.05) is 0 Å². The van der Waals surface area contributed by atoms with E-state index >= 15 is 0 Å². The lowest BCUT2D eigenvalue weighted by Gasteiger charge is -2.42. The fourth-order valence-electron chi connectivity index (χ4n) is 2.26. The van der Waals surface area contributed by atoms with Gasteiger partial charge < -0.3 is 0 Å². The monoisotopic (exact) mass is 792 g/mol. The SMILES string of the molecule is FC(F)(F)C(F)(F)C(F)(F)C(F)(F)C(F)(F)C(F)(F)CC(I)C(F)(F)C(F)(F)C(F)(F)C(F)(F)C(F)(F)C(F)(F)F. The second-order valence-corrected chi connectivity index (χ2v) is 9.09. The van der Waals surface area contributed by atoms with Crippen LogP contribution < -0.4 is 0 Å². The molecule has 0 saturated heterocycles. The Bertz CT molecular complexity index is 935. The molecule has 0 aliphatic carbocycles. The lowest BCUT2D eigenvalue weighted by molar-refractivity contribution is -0.444. The van der Waals surface area contributed by atoms with E-state index in [1.165, 1.54) is 0 Å². The molecule has 0 rings (SSSR count). The van der Waals surface area contributed by atoms with Crippen LogP contribution in [0.15, 0.2) is 0 Å². The van der Waals surface area contributed by atoms with Gasteiger partial charge in [-0.1, -0.05) is 22.6 Å². The van der Waals surface area contributed by atoms with Crippen molar-refractivity contribution in [2.24, 2.45) is 0 Å². The largest absolute Gasteiger partial charge is 0.460 e. The molecule has 0 amide bonds. The highest BCUT2D eigenvalue weighted by Crippen LogP contribution is 2.64. The highest BCUT2D eigenvalue weighted by atomic mass is 127. The minimum Gasteiger partial charge on any atom is -0.200 e. The van der Waals surface area contributed by atoms with Crippen LogP contribution in [0.4, 0.5) is 114 Å². The smallest absolute Gasteiger partial charge is 0.200 e. The van der Waals surface area contributed by atoms with Gasteiger partial charge in [0, 0.05) is 6.42 Å². The summed E-state index contributed by atoms with van der Waals surface area (Å²) in [5.74, 6) is -83.8. The summed E-state index contributed by atoms with van der Waals surface area (Å²) >= 11 is -0.934. The third kappa shape index (κ3) is 5.31. The maximum absolute atomic E-state index is 13.8. The molecule has 41 heavy (non-hydrogen) atoms. The highest BCUT2D eigenvalue weighted by molar-refractivity contribution is 14.1. The molecule has 0 aromatic carbocycles. The van der Waals surface area contributed by atoms with Gasteiger partial charge in [0.1, 0.15) is 0 Å². The van der Waals surface area contributed by atoms with Crippen LogP contribution in [0.25, 0.3) is 0 Å². The fraction of sp³-hybridized carbons (Fsp3) is 1.00. The lowest BCUT2D eigenvalue weighted by atomic mass is 9.88. The molecule has 0 radical (unpaired) electrons. The zero-order valence-electron chi connectivity index (χ0n) is 17.5. The van der Waals surface area contributed by atoms with Crippen LogP contribution in [0.3, 0.4) is 0 Å². The van der Waals surface area contributed by atoms with Crippen molar-refractivity contribution in [3.8, 4) is 0 Å². The van der Waals surface area contributed by atoms with E-state index in [4.69, 9.17) is 0 Å². The molecule has 0 heterocycles. The zero-order chi connectivity index (χ0) is 34.3. The first kappa shape index (κ1) is 39.9. The molecule has 0 bridgehead atoms. The van der Waals surface area contributed by atoms with E-state index < -0.39 is 105 Å². The highest BCUT2D eigenvalue weighted by Gasteiger charge is 2.93. The van der Waals surface area contributed by atoms with Crippen molar-refractivity contribution in [1.29, 1.82) is 0 Å². The van der Waals surface area contributed by atoms with Gasteiger partial charge >= 0.3 is 71.6 Å². The van der Waals surface area contributed by atoms with Crippen LogP contribution in [0, 0.1) is 0 Å². The first-order chi connectivity index (χ1) is 17.1. The van der Waals surface area contributed by atoms with Crippen molar-refractivity contribution in [3.63, 3.8) is 0 Å². The van der Waals surface area contributed by atoms with E-state index in [1.54, 1.807) is 0 Å². The van der Waals surface area contributed by atoms with Crippen molar-refractivity contribution >= 4 is 22.6 Å². The molecule has 0 spiro atoms. The van der Waals surface area contributed by atoms with E-state index in [-0.39, 0.29) is 0 Å². The molecular weight excluding hydrogens is 789 g/mol. The van der Waals surface area contributed by atoms with Crippen LogP contribution in [0.2, 0.25) is 0 Å². The summed E-state index contributed by atoms with van der Waals surface area (Å²) in [4.78, 5) is 0. The van der Waals surface area contributed by atoms with Gasteiger partial charge in [-0.25, -0.2) is 0 Å². The van der Waals surface area contributed by atoms with Gasteiger partial charge in [-0.15, -0.1) is 0 Å². The maximum Gasteiger partial charge on any atom is 0.460 e. The number of hydrogen-bond acceptors (Lipinski definition) is 0. The van der Waals surface area contributed by atoms with Crippen LogP contribution in [-0.4, -0.2) is 75.5 Å². The van der Waals surface area contributed by atoms with Crippen LogP contribution >= 0.6 is 22.6 Å². The average Bonchev–Trinajstić information content (AvgIpc) is 2.70. The fourth-order valence-corrected chi connectivity index (χ4v) is 3.21. The summed E-state index contributed by atoms with van der Waals surface area (Å²) in [5.41, 5.74) is 0. The minimum atomic E-state index is -8.71. The Balaban J connectivity index is 6.80. The zero-order valence-corrected chi connectivity index (χ0v) is 19.6. The van der Waals surface area contributed by atoms with Gasteiger partial charge in [-0.05, 0) is 0 Å². The number of rotatable bonds is 11. The average molecular weight is 792 g/mol. The second kappa shape index (κ2) is 9.97. The summed E-state index contributed by atoms with van der Waals surface area (Å²) < 4.78 is 333. The molecule has 1 atom stereocenters. The van der Waals surface area contributed by atoms with Crippen molar-refractivity contribution in [3.05, 3.63) is 0 Å². The third-order valence-corrected chi connectivity index (χ3v) is 6.01. The predicted octanol–water partition coefficient (Wildman–Crippen LogP) is 9.66. The van der Waals surface area contributed by atoms with E-state index in [2.05, 4.69) is 0 Å². The minimum absolute atomic E-state index is 0.934. The van der Waals surface area contributed by atoms with Gasteiger partial charge in [0.2, 0.25) is 0 Å². The van der Waals surface area contributed by atoms with Gasteiger partial charge in [0.15, 0.2) is 0 Å². The molecule has 0 fully saturated rings. The molecule has 248 valence electrons. The topological polar surface area (TPSA) is 0 Å². The summed E-state index contributed by atoms with van der Waals surface area (Å²) in [7, 11) is 0. The molecule has 0 nitrogen and oxygen atoms in total. The number of alkyl halides is 27. The predicted molar refractivity (Wildman–Crippen MR) is 84.0 cm³/mol. The first-order valence-electron chi connectivity index (χ1n) is 8.68. The Morgan fingerprint density at radius 3 is 0.780 bits per heavy atom. The summed E-state index contributed by atoms with van der Waals surface area (Å²) in [6.07, 6.45) is -20.3. The quantitative estimate of drug-likeness (QED) is 0.111. The number of halogens is 27. The molecule has 27 heteroatoms. The van der Waals surface area contributed by atoms with E-state index in [9.17, 15) is 114 Å². The van der Waals surface area contributed by atoms with Crippen LogP contribution in [0.5, 0.6) is 0 Å². The molecule has 0 aliphatic heterocycles. The van der Waals surface area contributed by atoms with Crippen molar-refractivity contribution in [2.45, 2.75) is 81.9 Å². The van der Waals surface area contributed by atoms with Crippen molar-refractivity contribution in [1.82, 2.24) is 0 Å². The molecule has 0 N–H and O–H groups in total. The molecule has 0 aliphatic rings. The Labute approximate surface area is 219 Å². The summed E-state index contributed by atoms with van der Waals surface area (Å²) in [6, 6.07) is 0. The van der Waals surface area contributed by atoms with E-state index in [0.717, 1.165) is 0 Å².